The molecular weight excluding hydrogens is 335 g/mol. The largest absolute Gasteiger partial charge is 0.212 e. The Hall–Kier alpha value is -2.18. The van der Waals surface area contributed by atoms with E-state index in [1.165, 1.54) is 17.8 Å². The number of fused-ring (bicyclic) bond motifs is 1. The average Bonchev–Trinajstić information content (AvgIpc) is 2.99. The second kappa shape index (κ2) is 5.79. The first-order valence-electron chi connectivity index (χ1n) is 6.90. The number of aromatic nitrogens is 3. The van der Waals surface area contributed by atoms with E-state index in [0.717, 1.165) is 11.3 Å². The molecule has 0 fully saturated rings. The molecule has 1 aliphatic rings. The van der Waals surface area contributed by atoms with Gasteiger partial charge in [0.2, 0.25) is 5.16 Å². The first kappa shape index (κ1) is 14.4. The van der Waals surface area contributed by atoms with Gasteiger partial charge in [0.25, 0.3) is 0 Å². The van der Waals surface area contributed by atoms with E-state index in [1.807, 2.05) is 24.3 Å². The summed E-state index contributed by atoms with van der Waals surface area (Å²) in [7, 11) is 0. The molecular formula is C16H10ClFN4S. The molecule has 0 radical (unpaired) electrons. The maximum atomic E-state index is 14.0. The van der Waals surface area contributed by atoms with Gasteiger partial charge >= 0.3 is 0 Å². The number of hydrogen-bond acceptors (Lipinski definition) is 4. The SMILES string of the molecule is Fc1ccccc1-c1nnc2n1N=C(c1ccccc1Cl)CS2. The van der Waals surface area contributed by atoms with Crippen LogP contribution < -0.4 is 0 Å². The van der Waals surface area contributed by atoms with Crippen molar-refractivity contribution < 1.29 is 4.39 Å². The highest BCUT2D eigenvalue weighted by Crippen LogP contribution is 2.30. The molecule has 0 saturated heterocycles. The molecule has 0 aliphatic carbocycles. The van der Waals surface area contributed by atoms with Crippen LogP contribution in [-0.4, -0.2) is 26.3 Å². The highest BCUT2D eigenvalue weighted by atomic mass is 35.5. The summed E-state index contributed by atoms with van der Waals surface area (Å²) in [6.45, 7) is 0. The second-order valence-corrected chi connectivity index (χ2v) is 6.26. The lowest BCUT2D eigenvalue weighted by molar-refractivity contribution is 0.627. The molecule has 0 unspecified atom stereocenters. The molecule has 23 heavy (non-hydrogen) atoms. The Morgan fingerprint density at radius 3 is 2.52 bits per heavy atom. The first-order valence-corrected chi connectivity index (χ1v) is 8.26. The lowest BCUT2D eigenvalue weighted by Crippen LogP contribution is -2.14. The summed E-state index contributed by atoms with van der Waals surface area (Å²) in [4.78, 5) is 0. The smallest absolute Gasteiger partial charge is 0.206 e. The minimum atomic E-state index is -0.354. The van der Waals surface area contributed by atoms with Gasteiger partial charge in [0.15, 0.2) is 5.82 Å². The van der Waals surface area contributed by atoms with Crippen LogP contribution >= 0.6 is 23.4 Å². The zero-order valence-electron chi connectivity index (χ0n) is 11.8. The Morgan fingerprint density at radius 2 is 1.74 bits per heavy atom. The number of hydrogen-bond donors (Lipinski definition) is 0. The van der Waals surface area contributed by atoms with E-state index >= 15 is 0 Å². The Bertz CT molecular complexity index is 922. The zero-order chi connectivity index (χ0) is 15.8. The van der Waals surface area contributed by atoms with Gasteiger partial charge < -0.3 is 0 Å². The highest BCUT2D eigenvalue weighted by molar-refractivity contribution is 7.99. The Labute approximate surface area is 141 Å². The number of halogens is 2. The number of benzene rings is 2. The average molecular weight is 345 g/mol. The zero-order valence-corrected chi connectivity index (χ0v) is 13.4. The van der Waals surface area contributed by atoms with Crippen molar-refractivity contribution in [3.05, 3.63) is 64.9 Å². The predicted octanol–water partition coefficient (Wildman–Crippen LogP) is 4.10. The third kappa shape index (κ3) is 2.54. The molecule has 114 valence electrons. The van der Waals surface area contributed by atoms with Crippen molar-refractivity contribution in [2.45, 2.75) is 5.16 Å². The van der Waals surface area contributed by atoms with Crippen LogP contribution in [0.25, 0.3) is 11.4 Å². The topological polar surface area (TPSA) is 43.1 Å². The lowest BCUT2D eigenvalue weighted by atomic mass is 10.1. The summed E-state index contributed by atoms with van der Waals surface area (Å²) in [5.41, 5.74) is 2.04. The molecule has 4 rings (SSSR count). The maximum absolute atomic E-state index is 14.0. The van der Waals surface area contributed by atoms with Crippen molar-refractivity contribution in [1.82, 2.24) is 14.9 Å². The monoisotopic (exact) mass is 344 g/mol. The minimum Gasteiger partial charge on any atom is -0.206 e. The number of nitrogens with zero attached hydrogens (tertiary/aromatic N) is 4. The van der Waals surface area contributed by atoms with Crippen molar-refractivity contribution in [2.75, 3.05) is 5.75 Å². The molecule has 0 bridgehead atoms. The molecule has 0 N–H and O–H groups in total. The fraction of sp³-hybridized carbons (Fsp3) is 0.0625. The van der Waals surface area contributed by atoms with Gasteiger partial charge in [-0.2, -0.15) is 9.78 Å². The Morgan fingerprint density at radius 1 is 1.00 bits per heavy atom. The quantitative estimate of drug-likeness (QED) is 0.703. The fourth-order valence-electron chi connectivity index (χ4n) is 2.37. The Kier molecular flexibility index (Phi) is 3.63. The van der Waals surface area contributed by atoms with Crippen LogP contribution in [0.2, 0.25) is 5.02 Å². The van der Waals surface area contributed by atoms with Gasteiger partial charge in [-0.05, 0) is 18.2 Å². The van der Waals surface area contributed by atoms with Crippen molar-refractivity contribution in [2.24, 2.45) is 5.10 Å². The van der Waals surface area contributed by atoms with Crippen molar-refractivity contribution in [3.8, 4) is 11.4 Å². The maximum Gasteiger partial charge on any atom is 0.212 e. The van der Waals surface area contributed by atoms with Crippen LogP contribution in [0.4, 0.5) is 4.39 Å². The van der Waals surface area contributed by atoms with Gasteiger partial charge in [-0.25, -0.2) is 4.39 Å². The summed E-state index contributed by atoms with van der Waals surface area (Å²) in [6, 6.07) is 14.0. The summed E-state index contributed by atoms with van der Waals surface area (Å²) in [6.07, 6.45) is 0. The van der Waals surface area contributed by atoms with E-state index in [1.54, 1.807) is 22.9 Å². The molecule has 0 amide bonds. The van der Waals surface area contributed by atoms with Crippen LogP contribution in [0, 0.1) is 5.82 Å². The van der Waals surface area contributed by atoms with E-state index in [9.17, 15) is 4.39 Å². The summed E-state index contributed by atoms with van der Waals surface area (Å²) >= 11 is 7.75. The molecule has 2 heterocycles. The molecule has 1 aromatic heterocycles. The standard InChI is InChI=1S/C16H10ClFN4S/c17-12-7-3-1-5-10(12)14-9-23-16-20-19-15(22(16)21-14)11-6-2-4-8-13(11)18/h1-8H,9H2. The summed E-state index contributed by atoms with van der Waals surface area (Å²) < 4.78 is 15.6. The van der Waals surface area contributed by atoms with Gasteiger partial charge in [0.1, 0.15) is 5.82 Å². The normalized spacial score (nSPS) is 13.6. The third-order valence-corrected chi connectivity index (χ3v) is 4.73. The molecule has 0 saturated carbocycles. The van der Waals surface area contributed by atoms with Gasteiger partial charge in [0, 0.05) is 16.3 Å². The van der Waals surface area contributed by atoms with E-state index in [4.69, 9.17) is 11.6 Å². The van der Waals surface area contributed by atoms with Gasteiger partial charge in [0.05, 0.1) is 11.3 Å². The number of thioether (sulfide) groups is 1. The van der Waals surface area contributed by atoms with Crippen molar-refractivity contribution >= 4 is 29.1 Å². The van der Waals surface area contributed by atoms with Crippen LogP contribution in [0.1, 0.15) is 5.56 Å². The number of rotatable bonds is 2. The molecule has 1 aliphatic heterocycles. The molecule has 4 nitrogen and oxygen atoms in total. The van der Waals surface area contributed by atoms with Crippen molar-refractivity contribution in [3.63, 3.8) is 0 Å². The van der Waals surface area contributed by atoms with E-state index < -0.39 is 0 Å². The fourth-order valence-corrected chi connectivity index (χ4v) is 3.44. The van der Waals surface area contributed by atoms with E-state index in [-0.39, 0.29) is 5.82 Å². The Balaban J connectivity index is 1.85. The highest BCUT2D eigenvalue weighted by Gasteiger charge is 2.22. The second-order valence-electron chi connectivity index (χ2n) is 4.91. The van der Waals surface area contributed by atoms with Crippen LogP contribution in [0.15, 0.2) is 58.8 Å². The molecule has 2 aromatic carbocycles. The molecule has 0 spiro atoms. The third-order valence-electron chi connectivity index (χ3n) is 3.47. The van der Waals surface area contributed by atoms with Gasteiger partial charge in [-0.1, -0.05) is 53.7 Å². The lowest BCUT2D eigenvalue weighted by Gasteiger charge is -2.14. The van der Waals surface area contributed by atoms with Crippen LogP contribution in [-0.2, 0) is 0 Å². The summed E-state index contributed by atoms with van der Waals surface area (Å²) in [5.74, 6) is 0.668. The first-order chi connectivity index (χ1) is 11.2. The van der Waals surface area contributed by atoms with Crippen LogP contribution in [0.3, 0.4) is 0 Å². The molecule has 0 atom stereocenters. The predicted molar refractivity (Wildman–Crippen MR) is 89.5 cm³/mol. The minimum absolute atomic E-state index is 0.354. The molecule has 7 heteroatoms. The van der Waals surface area contributed by atoms with Crippen LogP contribution in [0.5, 0.6) is 0 Å². The van der Waals surface area contributed by atoms with E-state index in [0.29, 0.717) is 27.3 Å². The van der Waals surface area contributed by atoms with Crippen molar-refractivity contribution in [1.29, 1.82) is 0 Å². The van der Waals surface area contributed by atoms with Gasteiger partial charge in [-0.15, -0.1) is 10.2 Å². The van der Waals surface area contributed by atoms with Gasteiger partial charge in [-0.3, -0.25) is 0 Å². The summed E-state index contributed by atoms with van der Waals surface area (Å²) in [5, 5.41) is 14.0. The molecule has 3 aromatic rings. The van der Waals surface area contributed by atoms with E-state index in [2.05, 4.69) is 15.3 Å².